The Hall–Kier alpha value is -3.58. The van der Waals surface area contributed by atoms with Crippen LogP contribution in [0.3, 0.4) is 0 Å². The third kappa shape index (κ3) is 4.12. The third-order valence-corrected chi connectivity index (χ3v) is 6.36. The van der Waals surface area contributed by atoms with Crippen LogP contribution in [0.15, 0.2) is 115 Å². The predicted molar refractivity (Wildman–Crippen MR) is 120 cm³/mol. The zero-order valence-electron chi connectivity index (χ0n) is 17.2. The highest BCUT2D eigenvalue weighted by atomic mass is 32.2. The Bertz CT molecular complexity index is 1220. The second-order valence-electron chi connectivity index (χ2n) is 7.33. The summed E-state index contributed by atoms with van der Waals surface area (Å²) in [6, 6.07) is 33.5. The van der Waals surface area contributed by atoms with Gasteiger partial charge in [0.05, 0.1) is 5.41 Å². The Kier molecular flexibility index (Phi) is 5.99. The fourth-order valence-corrected chi connectivity index (χ4v) is 4.52. The SMILES string of the molecule is O=S(=O)(Oc1ccccc1C(c1ccccc1)(c1ccccc1)c1ccccc1)C(F)(F)F. The summed E-state index contributed by atoms with van der Waals surface area (Å²) in [6.07, 6.45) is 0. The minimum Gasteiger partial charge on any atom is -0.376 e. The highest BCUT2D eigenvalue weighted by Gasteiger charge is 2.50. The number of para-hydroxylation sites is 1. The summed E-state index contributed by atoms with van der Waals surface area (Å²) < 4.78 is 68.3. The quantitative estimate of drug-likeness (QED) is 0.190. The van der Waals surface area contributed by atoms with Crippen molar-refractivity contribution in [1.82, 2.24) is 0 Å². The number of hydrogen-bond donors (Lipinski definition) is 0. The van der Waals surface area contributed by atoms with Gasteiger partial charge in [0.25, 0.3) is 0 Å². The molecule has 4 aromatic carbocycles. The fraction of sp³-hybridized carbons (Fsp3) is 0.0769. The molecule has 0 saturated carbocycles. The maximum atomic E-state index is 13.2. The molecule has 0 aromatic heterocycles. The van der Waals surface area contributed by atoms with E-state index in [0.29, 0.717) is 0 Å². The van der Waals surface area contributed by atoms with Crippen molar-refractivity contribution in [1.29, 1.82) is 0 Å². The molecule has 0 amide bonds. The van der Waals surface area contributed by atoms with Crippen LogP contribution in [0.2, 0.25) is 0 Å². The molecule has 3 nitrogen and oxygen atoms in total. The molecule has 4 rings (SSSR count). The van der Waals surface area contributed by atoms with Crippen LogP contribution < -0.4 is 4.18 Å². The molecule has 0 atom stereocenters. The lowest BCUT2D eigenvalue weighted by Gasteiger charge is -2.37. The van der Waals surface area contributed by atoms with Crippen LogP contribution in [-0.4, -0.2) is 13.9 Å². The maximum absolute atomic E-state index is 13.2. The molecule has 0 aliphatic rings. The van der Waals surface area contributed by atoms with Crippen molar-refractivity contribution in [2.45, 2.75) is 10.9 Å². The lowest BCUT2D eigenvalue weighted by Crippen LogP contribution is -2.33. The zero-order chi connectivity index (χ0) is 23.5. The van der Waals surface area contributed by atoms with Gasteiger partial charge in [-0.05, 0) is 22.8 Å². The van der Waals surface area contributed by atoms with Crippen LogP contribution in [-0.2, 0) is 15.5 Å². The van der Waals surface area contributed by atoms with E-state index in [0.717, 1.165) is 16.7 Å². The summed E-state index contributed by atoms with van der Waals surface area (Å²) in [5.74, 6) is -0.397. The second kappa shape index (κ2) is 8.75. The smallest absolute Gasteiger partial charge is 0.376 e. The van der Waals surface area contributed by atoms with Crippen molar-refractivity contribution in [2.24, 2.45) is 0 Å². The van der Waals surface area contributed by atoms with E-state index < -0.39 is 26.8 Å². The number of hydrogen-bond acceptors (Lipinski definition) is 3. The van der Waals surface area contributed by atoms with E-state index in [-0.39, 0.29) is 5.56 Å². The molecule has 0 aliphatic carbocycles. The third-order valence-electron chi connectivity index (χ3n) is 5.39. The van der Waals surface area contributed by atoms with E-state index in [2.05, 4.69) is 0 Å². The molecule has 0 N–H and O–H groups in total. The van der Waals surface area contributed by atoms with Gasteiger partial charge in [0.15, 0.2) is 0 Å². The molecular weight excluding hydrogens is 449 g/mol. The van der Waals surface area contributed by atoms with E-state index in [1.165, 1.54) is 12.1 Å². The lowest BCUT2D eigenvalue weighted by atomic mass is 9.65. The highest BCUT2D eigenvalue weighted by molar-refractivity contribution is 7.88. The summed E-state index contributed by atoms with van der Waals surface area (Å²) in [7, 11) is -5.88. The Labute approximate surface area is 190 Å². The van der Waals surface area contributed by atoms with Gasteiger partial charge in [-0.2, -0.15) is 21.6 Å². The molecule has 0 unspecified atom stereocenters. The number of halogens is 3. The molecule has 0 fully saturated rings. The average Bonchev–Trinajstić information content (AvgIpc) is 2.82. The normalized spacial score (nSPS) is 12.3. The van der Waals surface area contributed by atoms with Gasteiger partial charge in [-0.3, -0.25) is 0 Å². The highest BCUT2D eigenvalue weighted by Crippen LogP contribution is 2.48. The minimum absolute atomic E-state index is 0.265. The van der Waals surface area contributed by atoms with E-state index in [1.807, 2.05) is 91.0 Å². The van der Waals surface area contributed by atoms with Crippen LogP contribution in [0.25, 0.3) is 0 Å². The Morgan fingerprint density at radius 2 is 0.909 bits per heavy atom. The first-order valence-electron chi connectivity index (χ1n) is 10.0. The average molecular weight is 468 g/mol. The van der Waals surface area contributed by atoms with Gasteiger partial charge in [0.1, 0.15) is 5.75 Å². The monoisotopic (exact) mass is 468 g/mol. The van der Waals surface area contributed by atoms with Crippen LogP contribution in [0.5, 0.6) is 5.75 Å². The predicted octanol–water partition coefficient (Wildman–Crippen LogP) is 6.30. The van der Waals surface area contributed by atoms with Crippen LogP contribution in [0.4, 0.5) is 13.2 Å². The summed E-state index contributed by atoms with van der Waals surface area (Å²) in [5.41, 5.74) is -4.23. The Morgan fingerprint density at radius 3 is 1.30 bits per heavy atom. The van der Waals surface area contributed by atoms with E-state index >= 15 is 0 Å². The standard InChI is InChI=1S/C26H19F3O3S/c27-26(28,29)33(30,31)32-24-19-11-10-18-23(24)25(20-12-4-1-5-13-20,21-14-6-2-7-15-21)22-16-8-3-9-17-22/h1-19H. The molecule has 0 aliphatic heterocycles. The first-order chi connectivity index (χ1) is 15.8. The molecule has 0 radical (unpaired) electrons. The molecule has 0 heterocycles. The van der Waals surface area contributed by atoms with Crippen LogP contribution in [0.1, 0.15) is 22.3 Å². The molecule has 0 spiro atoms. The number of alkyl halides is 3. The van der Waals surface area contributed by atoms with Crippen molar-refractivity contribution >= 4 is 10.1 Å². The topological polar surface area (TPSA) is 43.4 Å². The van der Waals surface area contributed by atoms with Gasteiger partial charge >= 0.3 is 15.6 Å². The molecule has 4 aromatic rings. The molecule has 0 saturated heterocycles. The second-order valence-corrected chi connectivity index (χ2v) is 8.87. The van der Waals surface area contributed by atoms with E-state index in [4.69, 9.17) is 4.18 Å². The lowest BCUT2D eigenvalue weighted by molar-refractivity contribution is -0.0500. The first-order valence-corrected chi connectivity index (χ1v) is 11.4. The molecule has 168 valence electrons. The van der Waals surface area contributed by atoms with Crippen molar-refractivity contribution in [3.63, 3.8) is 0 Å². The van der Waals surface area contributed by atoms with Crippen molar-refractivity contribution in [3.05, 3.63) is 138 Å². The largest absolute Gasteiger partial charge is 0.534 e. The summed E-state index contributed by atoms with van der Waals surface area (Å²) in [6.45, 7) is 0. The Balaban J connectivity index is 2.11. The van der Waals surface area contributed by atoms with Gasteiger partial charge in [0.2, 0.25) is 0 Å². The van der Waals surface area contributed by atoms with Gasteiger partial charge in [0, 0.05) is 5.56 Å². The van der Waals surface area contributed by atoms with Crippen molar-refractivity contribution in [2.75, 3.05) is 0 Å². The van der Waals surface area contributed by atoms with Gasteiger partial charge < -0.3 is 4.18 Å². The first kappa shape index (κ1) is 22.6. The minimum atomic E-state index is -5.88. The Morgan fingerprint density at radius 1 is 0.545 bits per heavy atom. The molecule has 33 heavy (non-hydrogen) atoms. The summed E-state index contributed by atoms with van der Waals surface area (Å²) in [4.78, 5) is 0. The van der Waals surface area contributed by atoms with Crippen molar-refractivity contribution in [3.8, 4) is 5.75 Å². The van der Waals surface area contributed by atoms with Gasteiger partial charge in [-0.25, -0.2) is 0 Å². The molecule has 0 bridgehead atoms. The van der Waals surface area contributed by atoms with Crippen molar-refractivity contribution < 1.29 is 25.8 Å². The van der Waals surface area contributed by atoms with Crippen LogP contribution in [0, 0.1) is 0 Å². The molecule has 7 heteroatoms. The fourth-order valence-electron chi connectivity index (χ4n) is 4.05. The van der Waals surface area contributed by atoms with Gasteiger partial charge in [-0.1, -0.05) is 109 Å². The van der Waals surface area contributed by atoms with E-state index in [9.17, 15) is 21.6 Å². The van der Waals surface area contributed by atoms with Crippen LogP contribution >= 0.6 is 0 Å². The molecular formula is C26H19F3O3S. The zero-order valence-corrected chi connectivity index (χ0v) is 18.1. The van der Waals surface area contributed by atoms with Gasteiger partial charge in [-0.15, -0.1) is 0 Å². The number of benzene rings is 4. The summed E-state index contributed by atoms with van der Waals surface area (Å²) >= 11 is 0. The maximum Gasteiger partial charge on any atom is 0.534 e. The van der Waals surface area contributed by atoms with E-state index in [1.54, 1.807) is 12.1 Å². The summed E-state index contributed by atoms with van der Waals surface area (Å²) in [5, 5.41) is 0. The number of rotatable bonds is 6.